The molecule has 3 heterocycles. The smallest absolute Gasteiger partial charge is 0.259 e. The molecule has 3 aromatic rings. The van der Waals surface area contributed by atoms with E-state index in [0.717, 1.165) is 46.8 Å². The molecule has 1 atom stereocenters. The van der Waals surface area contributed by atoms with Gasteiger partial charge in [0.1, 0.15) is 0 Å². The van der Waals surface area contributed by atoms with E-state index in [-0.39, 0.29) is 5.91 Å². The first-order valence-corrected chi connectivity index (χ1v) is 11.3. The number of carbonyl (C=O) groups is 1. The lowest BCUT2D eigenvalue weighted by molar-refractivity contribution is 0.100. The van der Waals surface area contributed by atoms with E-state index in [4.69, 9.17) is 10.8 Å². The van der Waals surface area contributed by atoms with Gasteiger partial charge in [-0.05, 0) is 70.5 Å². The molecule has 1 amide bonds. The Balaban J connectivity index is 1.62. The number of hydrogen-bond donors (Lipinski definition) is 1. The minimum atomic E-state index is -0.310. The van der Waals surface area contributed by atoms with Gasteiger partial charge in [0.05, 0.1) is 10.6 Å². The number of amides is 1. The van der Waals surface area contributed by atoms with Crippen LogP contribution in [0.1, 0.15) is 64.9 Å². The Morgan fingerprint density at radius 2 is 2.03 bits per heavy atom. The van der Waals surface area contributed by atoms with Crippen molar-refractivity contribution in [2.24, 2.45) is 5.73 Å². The van der Waals surface area contributed by atoms with Gasteiger partial charge in [0.2, 0.25) is 0 Å². The number of likely N-dealkylation sites (tertiary alicyclic amines) is 1. The number of benzene rings is 1. The Morgan fingerprint density at radius 1 is 1.28 bits per heavy atom. The van der Waals surface area contributed by atoms with E-state index < -0.39 is 0 Å². The fraction of sp³-hybridized carbons (Fsp3) is 0.478. The van der Waals surface area contributed by atoms with Crippen LogP contribution in [0.4, 0.5) is 0 Å². The number of primary amides is 1. The minimum absolute atomic E-state index is 0.310. The number of nitrogens with two attached hydrogens (primary N) is 1. The van der Waals surface area contributed by atoms with Crippen LogP contribution in [0.15, 0.2) is 24.3 Å². The van der Waals surface area contributed by atoms with Crippen LogP contribution in [-0.4, -0.2) is 33.2 Å². The summed E-state index contributed by atoms with van der Waals surface area (Å²) >= 11 is 1.53. The molecule has 5 nitrogen and oxygen atoms in total. The van der Waals surface area contributed by atoms with E-state index in [1.165, 1.54) is 34.4 Å². The van der Waals surface area contributed by atoms with Crippen molar-refractivity contribution in [3.05, 3.63) is 51.7 Å². The molecule has 154 valence electrons. The topological polar surface area (TPSA) is 64.2 Å². The highest BCUT2D eigenvalue weighted by Crippen LogP contribution is 2.35. The van der Waals surface area contributed by atoms with Gasteiger partial charge >= 0.3 is 0 Å². The van der Waals surface area contributed by atoms with Crippen LogP contribution in [0.3, 0.4) is 0 Å². The molecule has 1 aliphatic rings. The standard InChI is InChI=1S/C23H30N4OS/c1-14(2)27-16(4)20(15(3)25-27)13-26-11-7-8-17(26)12-19-18-9-5-6-10-21(18)29-22(19)23(24)28/h5-6,9-10,14,17H,7-8,11-13H2,1-4H3,(H2,24,28)/t17-/m0/s1. The summed E-state index contributed by atoms with van der Waals surface area (Å²) in [7, 11) is 0. The van der Waals surface area contributed by atoms with Crippen molar-refractivity contribution in [1.29, 1.82) is 0 Å². The lowest BCUT2D eigenvalue weighted by Gasteiger charge is -2.25. The number of aryl methyl sites for hydroxylation is 1. The molecule has 0 spiro atoms. The van der Waals surface area contributed by atoms with E-state index in [9.17, 15) is 4.79 Å². The van der Waals surface area contributed by atoms with Crippen LogP contribution in [0.25, 0.3) is 10.1 Å². The molecule has 4 rings (SSSR count). The third-order valence-corrected chi connectivity index (χ3v) is 7.41. The molecular weight excluding hydrogens is 380 g/mol. The average Bonchev–Trinajstić information content (AvgIpc) is 3.35. The summed E-state index contributed by atoms with van der Waals surface area (Å²) in [6, 6.07) is 9.05. The summed E-state index contributed by atoms with van der Waals surface area (Å²) in [4.78, 5) is 15.4. The summed E-state index contributed by atoms with van der Waals surface area (Å²) in [5.41, 5.74) is 10.6. The van der Waals surface area contributed by atoms with Crippen molar-refractivity contribution < 1.29 is 4.79 Å². The maximum absolute atomic E-state index is 12.1. The number of thiophene rings is 1. The number of hydrogen-bond acceptors (Lipinski definition) is 4. The largest absolute Gasteiger partial charge is 0.365 e. The fourth-order valence-electron chi connectivity index (χ4n) is 4.70. The van der Waals surface area contributed by atoms with Crippen molar-refractivity contribution in [1.82, 2.24) is 14.7 Å². The zero-order chi connectivity index (χ0) is 20.7. The second-order valence-electron chi connectivity index (χ2n) is 8.43. The molecular formula is C23H30N4OS. The van der Waals surface area contributed by atoms with E-state index in [1.54, 1.807) is 0 Å². The Bertz CT molecular complexity index is 1050. The molecule has 6 heteroatoms. The number of fused-ring (bicyclic) bond motifs is 1. The molecule has 1 aromatic carbocycles. The van der Waals surface area contributed by atoms with Crippen molar-refractivity contribution in [2.45, 2.75) is 65.6 Å². The van der Waals surface area contributed by atoms with E-state index >= 15 is 0 Å². The van der Waals surface area contributed by atoms with E-state index in [2.05, 4.69) is 49.4 Å². The summed E-state index contributed by atoms with van der Waals surface area (Å²) < 4.78 is 3.28. The number of aromatic nitrogens is 2. The fourth-order valence-corrected chi connectivity index (χ4v) is 5.79. The Hall–Kier alpha value is -2.18. The molecule has 1 fully saturated rings. The summed E-state index contributed by atoms with van der Waals surface area (Å²) in [6.45, 7) is 10.7. The number of carbonyl (C=O) groups excluding carboxylic acids is 1. The number of nitrogens with zero attached hydrogens (tertiary/aromatic N) is 3. The van der Waals surface area contributed by atoms with Gasteiger partial charge in [0.25, 0.3) is 5.91 Å². The highest BCUT2D eigenvalue weighted by Gasteiger charge is 2.29. The first-order chi connectivity index (χ1) is 13.9. The first kappa shape index (κ1) is 20.1. The van der Waals surface area contributed by atoms with Gasteiger partial charge in [0.15, 0.2) is 0 Å². The van der Waals surface area contributed by atoms with Gasteiger partial charge in [-0.2, -0.15) is 5.10 Å². The molecule has 1 saturated heterocycles. The summed E-state index contributed by atoms with van der Waals surface area (Å²) in [6.07, 6.45) is 3.21. The Labute approximate surface area is 176 Å². The van der Waals surface area contributed by atoms with Crippen LogP contribution >= 0.6 is 11.3 Å². The van der Waals surface area contributed by atoms with Gasteiger partial charge in [-0.15, -0.1) is 11.3 Å². The highest BCUT2D eigenvalue weighted by atomic mass is 32.1. The summed E-state index contributed by atoms with van der Waals surface area (Å²) in [5, 5.41) is 5.94. The molecule has 29 heavy (non-hydrogen) atoms. The van der Waals surface area contributed by atoms with Crippen LogP contribution in [0.5, 0.6) is 0 Å². The lowest BCUT2D eigenvalue weighted by atomic mass is 10.00. The van der Waals surface area contributed by atoms with Gasteiger partial charge < -0.3 is 5.73 Å². The third kappa shape index (κ3) is 3.71. The molecule has 0 bridgehead atoms. The van der Waals surface area contributed by atoms with Gasteiger partial charge in [-0.25, -0.2) is 0 Å². The zero-order valence-electron chi connectivity index (χ0n) is 17.7. The summed E-state index contributed by atoms with van der Waals surface area (Å²) in [5.74, 6) is -0.310. The number of rotatable bonds is 6. The second kappa shape index (κ2) is 7.92. The van der Waals surface area contributed by atoms with Gasteiger partial charge in [0, 0.05) is 34.6 Å². The maximum Gasteiger partial charge on any atom is 0.259 e. The monoisotopic (exact) mass is 410 g/mol. The molecule has 0 unspecified atom stereocenters. The normalized spacial score (nSPS) is 17.6. The minimum Gasteiger partial charge on any atom is -0.365 e. The SMILES string of the molecule is Cc1nn(C(C)C)c(C)c1CN1CCC[C@H]1Cc1c(C(N)=O)sc2ccccc12. The molecule has 2 N–H and O–H groups in total. The van der Waals surface area contributed by atoms with Crippen LogP contribution in [-0.2, 0) is 13.0 Å². The zero-order valence-corrected chi connectivity index (χ0v) is 18.6. The Morgan fingerprint density at radius 3 is 2.72 bits per heavy atom. The van der Waals surface area contributed by atoms with E-state index in [0.29, 0.717) is 12.1 Å². The maximum atomic E-state index is 12.1. The molecule has 0 radical (unpaired) electrons. The Kier molecular flexibility index (Phi) is 5.49. The molecule has 0 aliphatic carbocycles. The van der Waals surface area contributed by atoms with Crippen molar-refractivity contribution in [3.8, 4) is 0 Å². The molecule has 1 aliphatic heterocycles. The van der Waals surface area contributed by atoms with Crippen molar-refractivity contribution in [2.75, 3.05) is 6.54 Å². The van der Waals surface area contributed by atoms with Crippen LogP contribution in [0.2, 0.25) is 0 Å². The van der Waals surface area contributed by atoms with Crippen molar-refractivity contribution in [3.63, 3.8) is 0 Å². The predicted octanol–water partition coefficient (Wildman–Crippen LogP) is 4.60. The van der Waals surface area contributed by atoms with Crippen molar-refractivity contribution >= 4 is 27.3 Å². The van der Waals surface area contributed by atoms with E-state index in [1.807, 2.05) is 12.1 Å². The molecule has 0 saturated carbocycles. The van der Waals surface area contributed by atoms with Gasteiger partial charge in [-0.3, -0.25) is 14.4 Å². The van der Waals surface area contributed by atoms with Crippen LogP contribution in [0, 0.1) is 13.8 Å². The first-order valence-electron chi connectivity index (χ1n) is 10.5. The highest BCUT2D eigenvalue weighted by molar-refractivity contribution is 7.21. The predicted molar refractivity (Wildman–Crippen MR) is 120 cm³/mol. The molecule has 2 aromatic heterocycles. The quantitative estimate of drug-likeness (QED) is 0.646. The van der Waals surface area contributed by atoms with Gasteiger partial charge in [-0.1, -0.05) is 18.2 Å². The van der Waals surface area contributed by atoms with Crippen LogP contribution < -0.4 is 5.73 Å². The third-order valence-electron chi connectivity index (χ3n) is 6.19. The lowest BCUT2D eigenvalue weighted by Crippen LogP contribution is -2.31. The average molecular weight is 411 g/mol. The second-order valence-corrected chi connectivity index (χ2v) is 9.48.